The highest BCUT2D eigenvalue weighted by Crippen LogP contribution is 2.34. The van der Waals surface area contributed by atoms with Crippen LogP contribution < -0.4 is 5.69 Å². The Morgan fingerprint density at radius 3 is 2.65 bits per heavy atom. The van der Waals surface area contributed by atoms with Crippen molar-refractivity contribution in [3.8, 4) is 0 Å². The van der Waals surface area contributed by atoms with Gasteiger partial charge in [0.1, 0.15) is 0 Å². The minimum atomic E-state index is -0.234. The number of rotatable bonds is 5. The lowest BCUT2D eigenvalue weighted by Crippen LogP contribution is -2.48. The SMILES string of the molecule is O=C(CC1CCC1)N1C[C@@H]2CCCN(C(=O)CCc3c[nH]c(=O)[nH]3)[C@@H]2C1. The van der Waals surface area contributed by atoms with Crippen molar-refractivity contribution in [2.45, 2.75) is 57.4 Å². The van der Waals surface area contributed by atoms with E-state index in [1.807, 2.05) is 9.80 Å². The molecular weight excluding hydrogens is 332 g/mol. The molecule has 2 N–H and O–H groups in total. The van der Waals surface area contributed by atoms with Gasteiger partial charge in [-0.25, -0.2) is 4.79 Å². The summed E-state index contributed by atoms with van der Waals surface area (Å²) in [5, 5.41) is 0. The van der Waals surface area contributed by atoms with Crippen molar-refractivity contribution < 1.29 is 9.59 Å². The van der Waals surface area contributed by atoms with Gasteiger partial charge in [-0.05, 0) is 43.9 Å². The number of nitrogens with one attached hydrogen (secondary N) is 2. The third-order valence-corrected chi connectivity index (χ3v) is 6.40. The van der Waals surface area contributed by atoms with E-state index in [4.69, 9.17) is 0 Å². The predicted octanol–water partition coefficient (Wildman–Crippen LogP) is 1.28. The molecular formula is C19H28N4O3. The van der Waals surface area contributed by atoms with Crippen LogP contribution in [0.2, 0.25) is 0 Å². The first-order valence-electron chi connectivity index (χ1n) is 9.94. The number of carbonyl (C=O) groups is 2. The number of likely N-dealkylation sites (tertiary alicyclic amines) is 2. The maximum absolute atomic E-state index is 12.8. The summed E-state index contributed by atoms with van der Waals surface area (Å²) in [6, 6.07) is 0.173. The maximum atomic E-state index is 12.8. The predicted molar refractivity (Wildman–Crippen MR) is 96.5 cm³/mol. The summed E-state index contributed by atoms with van der Waals surface area (Å²) < 4.78 is 0. The summed E-state index contributed by atoms with van der Waals surface area (Å²) in [5.74, 6) is 1.42. The van der Waals surface area contributed by atoms with Crippen LogP contribution in [-0.4, -0.2) is 57.3 Å². The van der Waals surface area contributed by atoms with Gasteiger partial charge in [0.05, 0.1) is 6.04 Å². The lowest BCUT2D eigenvalue weighted by Gasteiger charge is -2.37. The molecule has 2 saturated heterocycles. The van der Waals surface area contributed by atoms with Crippen molar-refractivity contribution in [1.29, 1.82) is 0 Å². The summed E-state index contributed by atoms with van der Waals surface area (Å²) >= 11 is 0. The number of amides is 2. The molecule has 0 spiro atoms. The summed E-state index contributed by atoms with van der Waals surface area (Å²) in [7, 11) is 0. The molecule has 26 heavy (non-hydrogen) atoms. The fourth-order valence-corrected chi connectivity index (χ4v) is 4.66. The van der Waals surface area contributed by atoms with Crippen molar-refractivity contribution in [2.24, 2.45) is 11.8 Å². The average Bonchev–Trinajstić information content (AvgIpc) is 3.21. The van der Waals surface area contributed by atoms with Crippen molar-refractivity contribution in [3.05, 3.63) is 22.4 Å². The molecule has 7 nitrogen and oxygen atoms in total. The number of nitrogens with zero attached hydrogens (tertiary/aromatic N) is 2. The topological polar surface area (TPSA) is 89.3 Å². The van der Waals surface area contributed by atoms with E-state index in [2.05, 4.69) is 9.97 Å². The number of hydrogen-bond acceptors (Lipinski definition) is 3. The lowest BCUT2D eigenvalue weighted by atomic mass is 9.83. The molecule has 3 aliphatic rings. The highest BCUT2D eigenvalue weighted by atomic mass is 16.2. The highest BCUT2D eigenvalue weighted by molar-refractivity contribution is 5.79. The first-order chi connectivity index (χ1) is 12.6. The van der Waals surface area contributed by atoms with Crippen molar-refractivity contribution in [1.82, 2.24) is 19.8 Å². The average molecular weight is 360 g/mol. The molecule has 1 aromatic rings. The zero-order valence-electron chi connectivity index (χ0n) is 15.2. The third-order valence-electron chi connectivity index (χ3n) is 6.40. The minimum absolute atomic E-state index is 0.134. The highest BCUT2D eigenvalue weighted by Gasteiger charge is 2.42. The zero-order valence-corrected chi connectivity index (χ0v) is 15.2. The first-order valence-corrected chi connectivity index (χ1v) is 9.94. The minimum Gasteiger partial charge on any atom is -0.340 e. The molecule has 2 amide bonds. The zero-order chi connectivity index (χ0) is 18.1. The van der Waals surface area contributed by atoms with Crippen molar-refractivity contribution >= 4 is 11.8 Å². The van der Waals surface area contributed by atoms with Crippen LogP contribution in [0.5, 0.6) is 0 Å². The summed E-state index contributed by atoms with van der Waals surface area (Å²) in [6.45, 7) is 2.29. The Morgan fingerprint density at radius 2 is 1.96 bits per heavy atom. The largest absolute Gasteiger partial charge is 0.340 e. The molecule has 1 saturated carbocycles. The smallest absolute Gasteiger partial charge is 0.323 e. The Kier molecular flexibility index (Phi) is 4.87. The third kappa shape index (κ3) is 3.57. The van der Waals surface area contributed by atoms with E-state index in [-0.39, 0.29) is 23.5 Å². The van der Waals surface area contributed by atoms with Gasteiger partial charge in [-0.2, -0.15) is 0 Å². The number of aryl methyl sites for hydroxylation is 1. The van der Waals surface area contributed by atoms with Crippen LogP contribution in [0.3, 0.4) is 0 Å². The van der Waals surface area contributed by atoms with Gasteiger partial charge in [0.25, 0.3) is 0 Å². The second-order valence-corrected chi connectivity index (χ2v) is 8.12. The van der Waals surface area contributed by atoms with Gasteiger partial charge < -0.3 is 19.8 Å². The number of piperidine rings is 1. The number of imidazole rings is 1. The summed E-state index contributed by atoms with van der Waals surface area (Å²) in [4.78, 5) is 45.7. The van der Waals surface area contributed by atoms with E-state index in [1.165, 1.54) is 19.3 Å². The van der Waals surface area contributed by atoms with Gasteiger partial charge in [0, 0.05) is 44.4 Å². The number of aromatic nitrogens is 2. The van der Waals surface area contributed by atoms with Crippen LogP contribution in [0, 0.1) is 11.8 Å². The van der Waals surface area contributed by atoms with E-state index in [0.29, 0.717) is 37.6 Å². The Morgan fingerprint density at radius 1 is 1.12 bits per heavy atom. The fourth-order valence-electron chi connectivity index (χ4n) is 4.66. The number of hydrogen-bond donors (Lipinski definition) is 2. The quantitative estimate of drug-likeness (QED) is 0.829. The molecule has 0 aromatic carbocycles. The summed E-state index contributed by atoms with van der Waals surface area (Å²) in [5.41, 5.74) is 0.530. The standard InChI is InChI=1S/C19H28N4O3/c24-17(7-6-15-10-20-19(26)21-15)23-8-2-5-14-11-22(12-16(14)23)18(25)9-13-3-1-4-13/h10,13-14,16H,1-9,11-12H2,(H2,20,21,26)/t14-,16+/m0/s1. The number of fused-ring (bicyclic) bond motifs is 1. The van der Waals surface area contributed by atoms with Crippen LogP contribution in [0.4, 0.5) is 0 Å². The van der Waals surface area contributed by atoms with Crippen LogP contribution in [0.25, 0.3) is 0 Å². The van der Waals surface area contributed by atoms with Crippen LogP contribution in [-0.2, 0) is 16.0 Å². The van der Waals surface area contributed by atoms with E-state index < -0.39 is 0 Å². The Bertz CT molecular complexity index is 720. The molecule has 0 bridgehead atoms. The van der Waals surface area contributed by atoms with Gasteiger partial charge >= 0.3 is 5.69 Å². The molecule has 3 fully saturated rings. The second-order valence-electron chi connectivity index (χ2n) is 8.12. The monoisotopic (exact) mass is 360 g/mol. The number of H-pyrrole nitrogens is 2. The molecule has 4 rings (SSSR count). The maximum Gasteiger partial charge on any atom is 0.323 e. The Hall–Kier alpha value is -2.05. The summed E-state index contributed by atoms with van der Waals surface area (Å²) in [6.07, 6.45) is 9.02. The van der Waals surface area contributed by atoms with Crippen molar-refractivity contribution in [3.63, 3.8) is 0 Å². The van der Waals surface area contributed by atoms with Crippen LogP contribution in [0.1, 0.15) is 50.6 Å². The second kappa shape index (κ2) is 7.29. The lowest BCUT2D eigenvalue weighted by molar-refractivity contribution is -0.136. The van der Waals surface area contributed by atoms with Gasteiger partial charge in [-0.1, -0.05) is 6.42 Å². The molecule has 2 atom stereocenters. The van der Waals surface area contributed by atoms with E-state index >= 15 is 0 Å². The van der Waals surface area contributed by atoms with Crippen LogP contribution >= 0.6 is 0 Å². The molecule has 142 valence electrons. The molecule has 1 aromatic heterocycles. The normalized spacial score (nSPS) is 25.8. The number of carbonyl (C=O) groups excluding carboxylic acids is 2. The molecule has 3 heterocycles. The van der Waals surface area contributed by atoms with Gasteiger partial charge in [-0.3, -0.25) is 9.59 Å². The molecule has 2 aliphatic heterocycles. The molecule has 0 unspecified atom stereocenters. The fraction of sp³-hybridized carbons (Fsp3) is 0.737. The van der Waals surface area contributed by atoms with Gasteiger partial charge in [0.2, 0.25) is 11.8 Å². The van der Waals surface area contributed by atoms with Gasteiger partial charge in [-0.15, -0.1) is 0 Å². The number of aromatic amines is 2. The molecule has 0 radical (unpaired) electrons. The van der Waals surface area contributed by atoms with E-state index in [9.17, 15) is 14.4 Å². The van der Waals surface area contributed by atoms with Crippen molar-refractivity contribution in [2.75, 3.05) is 19.6 Å². The molecule has 7 heteroatoms. The van der Waals surface area contributed by atoms with E-state index in [0.717, 1.165) is 31.6 Å². The Labute approximate surface area is 153 Å². The first kappa shape index (κ1) is 17.4. The van der Waals surface area contributed by atoms with Gasteiger partial charge in [0.15, 0.2) is 0 Å². The Balaban J connectivity index is 1.34. The van der Waals surface area contributed by atoms with Crippen LogP contribution in [0.15, 0.2) is 11.0 Å². The van der Waals surface area contributed by atoms with E-state index in [1.54, 1.807) is 6.20 Å². The molecule has 1 aliphatic carbocycles.